The molecule has 2 aromatic rings. The van der Waals surface area contributed by atoms with Crippen molar-refractivity contribution in [2.45, 2.75) is 13.8 Å². The molecule has 0 atom stereocenters. The van der Waals surface area contributed by atoms with Gasteiger partial charge < -0.3 is 4.74 Å². The van der Waals surface area contributed by atoms with Crippen LogP contribution in [0.1, 0.15) is 23.6 Å². The Hall–Kier alpha value is -2.35. The predicted octanol–water partition coefficient (Wildman–Crippen LogP) is 4.02. The fourth-order valence-corrected chi connectivity index (χ4v) is 2.04. The van der Waals surface area contributed by atoms with Crippen molar-refractivity contribution in [1.82, 2.24) is 0 Å². The summed E-state index contributed by atoms with van der Waals surface area (Å²) in [5, 5.41) is 0. The number of aryl methyl sites for hydroxylation is 1. The zero-order valence-electron chi connectivity index (χ0n) is 12.0. The first-order chi connectivity index (χ1) is 9.60. The van der Waals surface area contributed by atoms with Crippen LogP contribution in [0.4, 0.5) is 0 Å². The number of carbonyl (C=O) groups excluding carboxylic acids is 1. The van der Waals surface area contributed by atoms with Crippen LogP contribution in [0, 0.1) is 6.92 Å². The van der Waals surface area contributed by atoms with Gasteiger partial charge in [0, 0.05) is 0 Å². The highest BCUT2D eigenvalue weighted by atomic mass is 16.5. The van der Waals surface area contributed by atoms with E-state index >= 15 is 0 Å². The Kier molecular flexibility index (Phi) is 4.36. The molecular weight excluding hydrogens is 248 g/mol. The quantitative estimate of drug-likeness (QED) is 0.781. The van der Waals surface area contributed by atoms with Crippen molar-refractivity contribution in [1.29, 1.82) is 0 Å². The fourth-order valence-electron chi connectivity index (χ4n) is 2.04. The van der Waals surface area contributed by atoms with E-state index in [1.54, 1.807) is 20.1 Å². The van der Waals surface area contributed by atoms with E-state index in [9.17, 15) is 4.79 Å². The molecule has 0 N–H and O–H groups in total. The third-order valence-corrected chi connectivity index (χ3v) is 3.11. The molecule has 102 valence electrons. The average Bonchev–Trinajstić information content (AvgIpc) is 2.46. The monoisotopic (exact) mass is 266 g/mol. The number of hydrogen-bond donors (Lipinski definition) is 0. The van der Waals surface area contributed by atoms with E-state index in [0.29, 0.717) is 0 Å². The number of hydrogen-bond acceptors (Lipinski definition) is 2. The first-order valence-corrected chi connectivity index (χ1v) is 6.54. The number of allylic oxidation sites excluding steroid dienone is 1. The Morgan fingerprint density at radius 3 is 1.90 bits per heavy atom. The van der Waals surface area contributed by atoms with E-state index in [1.807, 2.05) is 55.5 Å². The zero-order chi connectivity index (χ0) is 14.5. The molecule has 0 aliphatic carbocycles. The van der Waals surface area contributed by atoms with Crippen LogP contribution in [-0.2, 0) is 4.79 Å². The number of carbonyl (C=O) groups is 1. The maximum Gasteiger partial charge on any atom is 0.153 e. The Morgan fingerprint density at radius 2 is 1.45 bits per heavy atom. The Morgan fingerprint density at radius 1 is 0.950 bits per heavy atom. The van der Waals surface area contributed by atoms with Gasteiger partial charge in [0.2, 0.25) is 0 Å². The molecule has 0 aromatic heterocycles. The second-order valence-electron chi connectivity index (χ2n) is 4.76. The molecule has 0 fully saturated rings. The molecule has 0 heterocycles. The summed E-state index contributed by atoms with van der Waals surface area (Å²) in [5.41, 5.74) is 4.17. The molecule has 0 aliphatic heterocycles. The van der Waals surface area contributed by atoms with Crippen LogP contribution in [-0.4, -0.2) is 12.9 Å². The lowest BCUT2D eigenvalue weighted by atomic mass is 9.96. The second kappa shape index (κ2) is 6.20. The summed E-state index contributed by atoms with van der Waals surface area (Å²) in [7, 11) is 1.64. The van der Waals surface area contributed by atoms with Crippen LogP contribution in [0.5, 0.6) is 5.75 Å². The molecule has 0 aliphatic rings. The standard InChI is InChI=1S/C18H18O2/c1-13-4-6-15(7-5-13)18(12-14(2)19)16-8-10-17(20-3)11-9-16/h4-12H,1-3H3/b18-12+. The molecule has 0 amide bonds. The fraction of sp³-hybridized carbons (Fsp3) is 0.167. The van der Waals surface area contributed by atoms with Gasteiger partial charge in [-0.1, -0.05) is 42.0 Å². The van der Waals surface area contributed by atoms with E-state index < -0.39 is 0 Å². The largest absolute Gasteiger partial charge is 0.497 e. The van der Waals surface area contributed by atoms with Gasteiger partial charge in [0.15, 0.2) is 5.78 Å². The van der Waals surface area contributed by atoms with Gasteiger partial charge in [-0.05, 0) is 48.8 Å². The molecule has 0 saturated carbocycles. The smallest absolute Gasteiger partial charge is 0.153 e. The van der Waals surface area contributed by atoms with Gasteiger partial charge in [-0.25, -0.2) is 0 Å². The number of rotatable bonds is 4. The Bertz CT molecular complexity index is 619. The molecular formula is C18H18O2. The van der Waals surface area contributed by atoms with Crippen LogP contribution in [0.3, 0.4) is 0 Å². The van der Waals surface area contributed by atoms with Crippen LogP contribution in [0.15, 0.2) is 54.6 Å². The summed E-state index contributed by atoms with van der Waals surface area (Å²) in [6.07, 6.45) is 1.67. The Labute approximate surface area is 119 Å². The van der Waals surface area contributed by atoms with Gasteiger partial charge in [0.05, 0.1) is 7.11 Å². The minimum atomic E-state index is 0.0383. The van der Waals surface area contributed by atoms with Gasteiger partial charge in [-0.15, -0.1) is 0 Å². The van der Waals surface area contributed by atoms with E-state index in [1.165, 1.54) is 5.56 Å². The van der Waals surface area contributed by atoms with Gasteiger partial charge >= 0.3 is 0 Å². The molecule has 0 spiro atoms. The lowest BCUT2D eigenvalue weighted by molar-refractivity contribution is -0.112. The average molecular weight is 266 g/mol. The van der Waals surface area contributed by atoms with Gasteiger partial charge in [0.25, 0.3) is 0 Å². The first kappa shape index (κ1) is 14.1. The maximum absolute atomic E-state index is 11.5. The zero-order valence-corrected chi connectivity index (χ0v) is 12.0. The molecule has 2 nitrogen and oxygen atoms in total. The summed E-state index contributed by atoms with van der Waals surface area (Å²) in [5.74, 6) is 0.844. The summed E-state index contributed by atoms with van der Waals surface area (Å²) >= 11 is 0. The number of methoxy groups -OCH3 is 1. The van der Waals surface area contributed by atoms with Crippen LogP contribution in [0.25, 0.3) is 5.57 Å². The lowest BCUT2D eigenvalue weighted by Crippen LogP contribution is -1.93. The minimum absolute atomic E-state index is 0.0383. The topological polar surface area (TPSA) is 26.3 Å². The highest BCUT2D eigenvalue weighted by molar-refractivity contribution is 5.99. The number of ether oxygens (including phenoxy) is 1. The van der Waals surface area contributed by atoms with Crippen molar-refractivity contribution in [3.63, 3.8) is 0 Å². The van der Waals surface area contributed by atoms with Crippen molar-refractivity contribution in [2.75, 3.05) is 7.11 Å². The molecule has 0 saturated heterocycles. The SMILES string of the molecule is COc1ccc(/C(=C/C(C)=O)c2ccc(C)cc2)cc1. The number of benzene rings is 2. The molecule has 0 radical (unpaired) electrons. The van der Waals surface area contributed by atoms with E-state index in [2.05, 4.69) is 0 Å². The Balaban J connectivity index is 2.47. The van der Waals surface area contributed by atoms with E-state index in [0.717, 1.165) is 22.4 Å². The van der Waals surface area contributed by atoms with Gasteiger partial charge in [0.1, 0.15) is 5.75 Å². The highest BCUT2D eigenvalue weighted by Crippen LogP contribution is 2.25. The molecule has 0 bridgehead atoms. The molecule has 20 heavy (non-hydrogen) atoms. The van der Waals surface area contributed by atoms with Crippen molar-refractivity contribution < 1.29 is 9.53 Å². The third-order valence-electron chi connectivity index (χ3n) is 3.11. The maximum atomic E-state index is 11.5. The van der Waals surface area contributed by atoms with E-state index in [-0.39, 0.29) is 5.78 Å². The highest BCUT2D eigenvalue weighted by Gasteiger charge is 2.06. The van der Waals surface area contributed by atoms with Crippen molar-refractivity contribution in [2.24, 2.45) is 0 Å². The van der Waals surface area contributed by atoms with Crippen LogP contribution >= 0.6 is 0 Å². The third kappa shape index (κ3) is 3.35. The van der Waals surface area contributed by atoms with E-state index in [4.69, 9.17) is 4.74 Å². The van der Waals surface area contributed by atoms with Crippen LogP contribution in [0.2, 0.25) is 0 Å². The second-order valence-corrected chi connectivity index (χ2v) is 4.76. The van der Waals surface area contributed by atoms with Gasteiger partial charge in [-0.2, -0.15) is 0 Å². The van der Waals surface area contributed by atoms with Crippen LogP contribution < -0.4 is 4.74 Å². The normalized spacial score (nSPS) is 11.2. The lowest BCUT2D eigenvalue weighted by Gasteiger charge is -2.09. The first-order valence-electron chi connectivity index (χ1n) is 6.54. The minimum Gasteiger partial charge on any atom is -0.497 e. The van der Waals surface area contributed by atoms with Crippen molar-refractivity contribution >= 4 is 11.4 Å². The summed E-state index contributed by atoms with van der Waals surface area (Å²) < 4.78 is 5.17. The molecule has 2 aromatic carbocycles. The molecule has 0 unspecified atom stereocenters. The summed E-state index contributed by atoms with van der Waals surface area (Å²) in [6.45, 7) is 3.61. The van der Waals surface area contributed by atoms with Gasteiger partial charge in [-0.3, -0.25) is 4.79 Å². The number of ketones is 1. The van der Waals surface area contributed by atoms with Crippen molar-refractivity contribution in [3.05, 3.63) is 71.3 Å². The summed E-state index contributed by atoms with van der Waals surface area (Å²) in [6, 6.07) is 15.9. The predicted molar refractivity (Wildman–Crippen MR) is 81.9 cm³/mol. The van der Waals surface area contributed by atoms with Crippen molar-refractivity contribution in [3.8, 4) is 5.75 Å². The summed E-state index contributed by atoms with van der Waals surface area (Å²) in [4.78, 5) is 11.5. The molecule has 2 heteroatoms. The molecule has 2 rings (SSSR count).